The number of hydrogen-bond donors (Lipinski definition) is 2. The number of carbonyl (C=O) groups is 2. The Labute approximate surface area is 128 Å². The first kappa shape index (κ1) is 15.8. The summed E-state index contributed by atoms with van der Waals surface area (Å²) in [5, 5.41) is 6.47. The van der Waals surface area contributed by atoms with E-state index in [0.29, 0.717) is 22.7 Å². The molecule has 0 spiro atoms. The Morgan fingerprint density at radius 1 is 1.23 bits per heavy atom. The number of primary amides is 1. The van der Waals surface area contributed by atoms with E-state index < -0.39 is 5.91 Å². The molecule has 22 heavy (non-hydrogen) atoms. The van der Waals surface area contributed by atoms with Gasteiger partial charge in [-0.05, 0) is 24.6 Å². The Kier molecular flexibility index (Phi) is 4.03. The number of nitrogens with zero attached hydrogens (tertiary/aromatic N) is 1. The topological polar surface area (TPSA) is 98.2 Å². The summed E-state index contributed by atoms with van der Waals surface area (Å²) in [4.78, 5) is 23.5. The van der Waals surface area contributed by atoms with Crippen LogP contribution in [0.2, 0.25) is 0 Å². The number of amides is 2. The third-order valence-corrected chi connectivity index (χ3v) is 3.26. The van der Waals surface area contributed by atoms with Crippen molar-refractivity contribution >= 4 is 17.6 Å². The lowest BCUT2D eigenvalue weighted by atomic mass is 9.93. The van der Waals surface area contributed by atoms with E-state index >= 15 is 0 Å². The molecule has 0 saturated heterocycles. The summed E-state index contributed by atoms with van der Waals surface area (Å²) in [5.74, 6) is 0.0560. The van der Waals surface area contributed by atoms with Crippen LogP contribution in [0.1, 0.15) is 52.8 Å². The van der Waals surface area contributed by atoms with Crippen molar-refractivity contribution in [3.8, 4) is 0 Å². The van der Waals surface area contributed by atoms with E-state index in [0.717, 1.165) is 5.56 Å². The number of carbonyl (C=O) groups excluding carboxylic acids is 2. The first-order chi connectivity index (χ1) is 10.2. The molecule has 1 heterocycles. The first-order valence-electron chi connectivity index (χ1n) is 6.87. The van der Waals surface area contributed by atoms with Crippen molar-refractivity contribution in [2.45, 2.75) is 33.1 Å². The summed E-state index contributed by atoms with van der Waals surface area (Å²) >= 11 is 0. The monoisotopic (exact) mass is 301 g/mol. The minimum atomic E-state index is -0.566. The molecular weight excluding hydrogens is 282 g/mol. The Balaban J connectivity index is 2.21. The summed E-state index contributed by atoms with van der Waals surface area (Å²) in [5.41, 5.74) is 6.47. The third kappa shape index (κ3) is 3.33. The molecule has 0 aliphatic carbocycles. The number of nitrogens with one attached hydrogen (secondary N) is 1. The van der Waals surface area contributed by atoms with Crippen LogP contribution in [-0.2, 0) is 5.41 Å². The average molecular weight is 301 g/mol. The summed E-state index contributed by atoms with van der Waals surface area (Å²) in [6, 6.07) is 6.46. The van der Waals surface area contributed by atoms with E-state index in [2.05, 4.69) is 10.5 Å². The van der Waals surface area contributed by atoms with Crippen LogP contribution in [0.3, 0.4) is 0 Å². The maximum absolute atomic E-state index is 12.2. The fourth-order valence-electron chi connectivity index (χ4n) is 1.90. The molecule has 0 aliphatic heterocycles. The highest BCUT2D eigenvalue weighted by Crippen LogP contribution is 2.24. The SMILES string of the molecule is Cc1ccc(C(=O)Nc2cc(C(C)(C)C)on2)cc1C(N)=O. The predicted octanol–water partition coefficient (Wildman–Crippen LogP) is 2.63. The standard InChI is InChI=1S/C16H19N3O3/c1-9-5-6-10(7-11(9)14(17)20)15(21)18-13-8-12(22-19-13)16(2,3)4/h5-8H,1-4H3,(H2,17,20)(H,18,19,21). The summed E-state index contributed by atoms with van der Waals surface area (Å²) in [7, 11) is 0. The molecule has 0 aliphatic rings. The molecule has 0 atom stereocenters. The minimum Gasteiger partial charge on any atom is -0.366 e. The second-order valence-electron chi connectivity index (χ2n) is 6.17. The van der Waals surface area contributed by atoms with Gasteiger partial charge in [0.05, 0.1) is 0 Å². The first-order valence-corrected chi connectivity index (χ1v) is 6.87. The molecule has 2 rings (SSSR count). The van der Waals surface area contributed by atoms with Crippen molar-refractivity contribution in [1.29, 1.82) is 0 Å². The Hall–Kier alpha value is -2.63. The van der Waals surface area contributed by atoms with E-state index in [1.165, 1.54) is 6.07 Å². The number of nitrogens with two attached hydrogens (primary N) is 1. The molecule has 2 amide bonds. The number of anilines is 1. The maximum atomic E-state index is 12.2. The molecule has 0 unspecified atom stereocenters. The van der Waals surface area contributed by atoms with E-state index in [1.54, 1.807) is 25.1 Å². The van der Waals surface area contributed by atoms with E-state index in [9.17, 15) is 9.59 Å². The van der Waals surface area contributed by atoms with Crippen molar-refractivity contribution in [3.05, 3.63) is 46.7 Å². The minimum absolute atomic E-state index is 0.195. The van der Waals surface area contributed by atoms with Gasteiger partial charge in [0.15, 0.2) is 5.82 Å². The normalized spacial score (nSPS) is 11.3. The van der Waals surface area contributed by atoms with Gasteiger partial charge in [-0.1, -0.05) is 32.0 Å². The van der Waals surface area contributed by atoms with Gasteiger partial charge in [-0.15, -0.1) is 0 Å². The molecule has 6 heteroatoms. The highest BCUT2D eigenvalue weighted by Gasteiger charge is 2.20. The molecule has 1 aromatic heterocycles. The van der Waals surface area contributed by atoms with Crippen LogP contribution >= 0.6 is 0 Å². The number of rotatable bonds is 3. The van der Waals surface area contributed by atoms with Crippen molar-refractivity contribution in [2.75, 3.05) is 5.32 Å². The number of aromatic nitrogens is 1. The van der Waals surface area contributed by atoms with Gasteiger partial charge in [-0.2, -0.15) is 0 Å². The zero-order valence-corrected chi connectivity index (χ0v) is 13.1. The van der Waals surface area contributed by atoms with Crippen molar-refractivity contribution in [3.63, 3.8) is 0 Å². The van der Waals surface area contributed by atoms with Gasteiger partial charge in [-0.25, -0.2) is 0 Å². The zero-order chi connectivity index (χ0) is 16.5. The van der Waals surface area contributed by atoms with E-state index in [-0.39, 0.29) is 11.3 Å². The van der Waals surface area contributed by atoms with Crippen LogP contribution in [0.5, 0.6) is 0 Å². The Morgan fingerprint density at radius 3 is 2.45 bits per heavy atom. The van der Waals surface area contributed by atoms with Crippen LogP contribution in [0, 0.1) is 6.92 Å². The van der Waals surface area contributed by atoms with Crippen LogP contribution in [0.4, 0.5) is 5.82 Å². The molecule has 0 fully saturated rings. The molecule has 0 saturated carbocycles. The van der Waals surface area contributed by atoms with Crippen LogP contribution in [0.25, 0.3) is 0 Å². The Morgan fingerprint density at radius 2 is 1.91 bits per heavy atom. The number of hydrogen-bond acceptors (Lipinski definition) is 4. The fourth-order valence-corrected chi connectivity index (χ4v) is 1.90. The lowest BCUT2D eigenvalue weighted by Crippen LogP contribution is -2.16. The third-order valence-electron chi connectivity index (χ3n) is 3.26. The van der Waals surface area contributed by atoms with E-state index in [1.807, 2.05) is 20.8 Å². The van der Waals surface area contributed by atoms with Gasteiger partial charge in [-0.3, -0.25) is 9.59 Å². The molecule has 3 N–H and O–H groups in total. The zero-order valence-electron chi connectivity index (χ0n) is 13.1. The number of aryl methyl sites for hydroxylation is 1. The highest BCUT2D eigenvalue weighted by molar-refractivity contribution is 6.05. The van der Waals surface area contributed by atoms with Gasteiger partial charge >= 0.3 is 0 Å². The van der Waals surface area contributed by atoms with Crippen molar-refractivity contribution in [2.24, 2.45) is 5.73 Å². The van der Waals surface area contributed by atoms with Crippen molar-refractivity contribution < 1.29 is 14.1 Å². The Bertz CT molecular complexity index is 726. The second-order valence-corrected chi connectivity index (χ2v) is 6.17. The molecule has 116 valence electrons. The van der Waals surface area contributed by atoms with Gasteiger partial charge in [0.25, 0.3) is 5.91 Å². The largest absolute Gasteiger partial charge is 0.366 e. The summed E-state index contributed by atoms with van der Waals surface area (Å²) in [6.45, 7) is 7.71. The molecule has 2 aromatic rings. The number of benzene rings is 1. The lowest BCUT2D eigenvalue weighted by molar-refractivity contribution is 0.0999. The van der Waals surface area contributed by atoms with E-state index in [4.69, 9.17) is 10.3 Å². The van der Waals surface area contributed by atoms with Gasteiger partial charge in [0, 0.05) is 22.6 Å². The average Bonchev–Trinajstić information content (AvgIpc) is 2.87. The fraction of sp³-hybridized carbons (Fsp3) is 0.312. The molecule has 6 nitrogen and oxygen atoms in total. The summed E-state index contributed by atoms with van der Waals surface area (Å²) < 4.78 is 5.21. The maximum Gasteiger partial charge on any atom is 0.256 e. The van der Waals surface area contributed by atoms with Gasteiger partial charge in [0.1, 0.15) is 5.76 Å². The predicted molar refractivity (Wildman–Crippen MR) is 82.9 cm³/mol. The van der Waals surface area contributed by atoms with Crippen LogP contribution in [-0.4, -0.2) is 17.0 Å². The van der Waals surface area contributed by atoms with Gasteiger partial charge in [0.2, 0.25) is 5.91 Å². The molecule has 0 bridgehead atoms. The second kappa shape index (κ2) is 5.63. The van der Waals surface area contributed by atoms with Gasteiger partial charge < -0.3 is 15.6 Å². The van der Waals surface area contributed by atoms with Crippen LogP contribution in [0.15, 0.2) is 28.8 Å². The summed E-state index contributed by atoms with van der Waals surface area (Å²) in [6.07, 6.45) is 0. The smallest absolute Gasteiger partial charge is 0.256 e. The molecule has 1 aromatic carbocycles. The quantitative estimate of drug-likeness (QED) is 0.910. The lowest BCUT2D eigenvalue weighted by Gasteiger charge is -2.12. The highest BCUT2D eigenvalue weighted by atomic mass is 16.5. The molecule has 0 radical (unpaired) electrons. The van der Waals surface area contributed by atoms with Crippen LogP contribution < -0.4 is 11.1 Å². The van der Waals surface area contributed by atoms with Crippen molar-refractivity contribution in [1.82, 2.24) is 5.16 Å². The molecular formula is C16H19N3O3.